The van der Waals surface area contributed by atoms with Crippen LogP contribution in [-0.2, 0) is 6.42 Å². The average molecular weight is 259 g/mol. The highest BCUT2D eigenvalue weighted by atomic mass is 19.1. The highest BCUT2D eigenvalue weighted by Crippen LogP contribution is 2.42. The summed E-state index contributed by atoms with van der Waals surface area (Å²) >= 11 is 0. The van der Waals surface area contributed by atoms with Gasteiger partial charge >= 0.3 is 0 Å². The van der Waals surface area contributed by atoms with E-state index in [1.54, 1.807) is 6.92 Å². The summed E-state index contributed by atoms with van der Waals surface area (Å²) in [6.07, 6.45) is 0.826. The van der Waals surface area contributed by atoms with E-state index in [2.05, 4.69) is 0 Å². The van der Waals surface area contributed by atoms with Gasteiger partial charge in [-0.3, -0.25) is 0 Å². The fourth-order valence-corrected chi connectivity index (χ4v) is 2.75. The van der Waals surface area contributed by atoms with Crippen molar-refractivity contribution >= 4 is 0 Å². The van der Waals surface area contributed by atoms with Crippen LogP contribution in [0.15, 0.2) is 36.4 Å². The van der Waals surface area contributed by atoms with Crippen LogP contribution in [0.4, 0.5) is 8.78 Å². The molecule has 1 aliphatic carbocycles. The highest BCUT2D eigenvalue weighted by molar-refractivity contribution is 5.43. The molecule has 19 heavy (non-hydrogen) atoms. The third-order valence-corrected chi connectivity index (χ3v) is 3.96. The van der Waals surface area contributed by atoms with Gasteiger partial charge in [0, 0.05) is 17.5 Å². The van der Waals surface area contributed by atoms with Crippen LogP contribution in [0.25, 0.3) is 0 Å². The summed E-state index contributed by atoms with van der Waals surface area (Å²) < 4.78 is 27.5. The van der Waals surface area contributed by atoms with Crippen LogP contribution in [0.5, 0.6) is 0 Å². The monoisotopic (exact) mass is 259 g/mol. The third kappa shape index (κ3) is 1.94. The van der Waals surface area contributed by atoms with Crippen molar-refractivity contribution in [3.63, 3.8) is 0 Å². The zero-order valence-electron chi connectivity index (χ0n) is 10.7. The molecule has 2 unspecified atom stereocenters. The van der Waals surface area contributed by atoms with Crippen molar-refractivity contribution in [2.75, 3.05) is 0 Å². The lowest BCUT2D eigenvalue weighted by Gasteiger charge is -2.35. The van der Waals surface area contributed by atoms with Gasteiger partial charge in [-0.1, -0.05) is 24.3 Å². The van der Waals surface area contributed by atoms with Crippen molar-refractivity contribution in [1.29, 1.82) is 0 Å². The van der Waals surface area contributed by atoms with Crippen molar-refractivity contribution in [1.82, 2.24) is 0 Å². The van der Waals surface area contributed by atoms with Crippen molar-refractivity contribution in [3.8, 4) is 0 Å². The molecule has 0 fully saturated rings. The maximum absolute atomic E-state index is 13.9. The molecule has 0 bridgehead atoms. The number of fused-ring (bicyclic) bond motifs is 1. The number of benzene rings is 2. The van der Waals surface area contributed by atoms with Crippen molar-refractivity contribution in [2.45, 2.75) is 25.3 Å². The summed E-state index contributed by atoms with van der Waals surface area (Å²) in [5.41, 5.74) is 9.10. The van der Waals surface area contributed by atoms with Gasteiger partial charge in [0.2, 0.25) is 0 Å². The predicted molar refractivity (Wildman–Crippen MR) is 70.9 cm³/mol. The van der Waals surface area contributed by atoms with Crippen LogP contribution in [-0.4, -0.2) is 0 Å². The molecule has 0 saturated heterocycles. The Morgan fingerprint density at radius 1 is 1.16 bits per heavy atom. The van der Waals surface area contributed by atoms with Crippen LogP contribution in [0, 0.1) is 18.6 Å². The van der Waals surface area contributed by atoms with E-state index in [0.717, 1.165) is 12.0 Å². The molecular formula is C16H15F2N. The first-order valence-corrected chi connectivity index (χ1v) is 6.37. The molecule has 0 aliphatic heterocycles. The summed E-state index contributed by atoms with van der Waals surface area (Å²) in [5.74, 6) is -0.747. The summed E-state index contributed by atoms with van der Waals surface area (Å²) in [6, 6.07) is 9.93. The number of nitrogens with two attached hydrogens (primary N) is 1. The molecule has 0 spiro atoms. The minimum absolute atomic E-state index is 0.0767. The minimum Gasteiger partial charge on any atom is -0.323 e. The summed E-state index contributed by atoms with van der Waals surface area (Å²) in [6.45, 7) is 1.55. The fraction of sp³-hybridized carbons (Fsp3) is 0.250. The van der Waals surface area contributed by atoms with Gasteiger partial charge in [-0.15, -0.1) is 0 Å². The van der Waals surface area contributed by atoms with Gasteiger partial charge in [0.15, 0.2) is 0 Å². The molecule has 2 atom stereocenters. The smallest absolute Gasteiger partial charge is 0.128 e. The standard InChI is InChI=1S/C16H15F2N/c1-9-6-15(18)13(8-14(9)17)16(19)12-7-10-4-2-3-5-11(10)12/h2-6,8,12,16H,7,19H2,1H3. The third-order valence-electron chi connectivity index (χ3n) is 3.96. The quantitative estimate of drug-likeness (QED) is 0.876. The summed E-state index contributed by atoms with van der Waals surface area (Å²) in [7, 11) is 0. The lowest BCUT2D eigenvalue weighted by molar-refractivity contribution is 0.471. The molecule has 1 nitrogen and oxygen atoms in total. The molecular weight excluding hydrogens is 244 g/mol. The molecule has 0 amide bonds. The Bertz CT molecular complexity index is 637. The van der Waals surface area contributed by atoms with Gasteiger partial charge in [-0.05, 0) is 42.2 Å². The van der Waals surface area contributed by atoms with Crippen LogP contribution in [0.1, 0.15) is 34.2 Å². The Hall–Kier alpha value is -1.74. The zero-order valence-corrected chi connectivity index (χ0v) is 10.7. The highest BCUT2D eigenvalue weighted by Gasteiger charge is 2.33. The first-order chi connectivity index (χ1) is 9.08. The van der Waals surface area contributed by atoms with Gasteiger partial charge in [-0.25, -0.2) is 8.78 Å². The summed E-state index contributed by atoms with van der Waals surface area (Å²) in [4.78, 5) is 0. The van der Waals surface area contributed by atoms with Crippen LogP contribution >= 0.6 is 0 Å². The number of hydrogen-bond donors (Lipinski definition) is 1. The molecule has 0 radical (unpaired) electrons. The first-order valence-electron chi connectivity index (χ1n) is 6.37. The van der Waals surface area contributed by atoms with Gasteiger partial charge in [-0.2, -0.15) is 0 Å². The van der Waals surface area contributed by atoms with E-state index in [-0.39, 0.29) is 11.5 Å². The SMILES string of the molecule is Cc1cc(F)c(C(N)C2Cc3ccccc32)cc1F. The van der Waals surface area contributed by atoms with Crippen LogP contribution in [0.3, 0.4) is 0 Å². The topological polar surface area (TPSA) is 26.0 Å². The lowest BCUT2D eigenvalue weighted by Crippen LogP contribution is -2.29. The predicted octanol–water partition coefficient (Wildman–Crippen LogP) is 3.61. The largest absolute Gasteiger partial charge is 0.323 e. The van der Waals surface area contributed by atoms with E-state index < -0.39 is 17.7 Å². The molecule has 2 aromatic carbocycles. The van der Waals surface area contributed by atoms with E-state index >= 15 is 0 Å². The van der Waals surface area contributed by atoms with Crippen molar-refractivity contribution in [3.05, 3.63) is 70.3 Å². The van der Waals surface area contributed by atoms with E-state index in [9.17, 15) is 8.78 Å². The maximum atomic E-state index is 13.9. The van der Waals surface area contributed by atoms with Gasteiger partial charge < -0.3 is 5.73 Å². The maximum Gasteiger partial charge on any atom is 0.128 e. The van der Waals surface area contributed by atoms with Gasteiger partial charge in [0.1, 0.15) is 11.6 Å². The van der Waals surface area contributed by atoms with E-state index in [1.807, 2.05) is 24.3 Å². The Labute approximate surface area is 111 Å². The molecule has 1 aliphatic rings. The number of rotatable bonds is 2. The Morgan fingerprint density at radius 3 is 2.63 bits per heavy atom. The lowest BCUT2D eigenvalue weighted by atomic mass is 9.72. The Balaban J connectivity index is 1.94. The normalized spacial score (nSPS) is 18.6. The van der Waals surface area contributed by atoms with E-state index in [1.165, 1.54) is 17.7 Å². The number of hydrogen-bond acceptors (Lipinski definition) is 1. The molecule has 0 aromatic heterocycles. The second-order valence-corrected chi connectivity index (χ2v) is 5.16. The first kappa shape index (κ1) is 12.3. The van der Waals surface area contributed by atoms with Crippen molar-refractivity contribution in [2.24, 2.45) is 5.73 Å². The van der Waals surface area contributed by atoms with E-state index in [0.29, 0.717) is 5.56 Å². The molecule has 98 valence electrons. The second kappa shape index (κ2) is 4.42. The second-order valence-electron chi connectivity index (χ2n) is 5.16. The van der Waals surface area contributed by atoms with Gasteiger partial charge in [0.25, 0.3) is 0 Å². The number of halogens is 2. The Morgan fingerprint density at radius 2 is 1.89 bits per heavy atom. The van der Waals surface area contributed by atoms with Crippen LogP contribution < -0.4 is 5.73 Å². The fourth-order valence-electron chi connectivity index (χ4n) is 2.75. The molecule has 2 N–H and O–H groups in total. The van der Waals surface area contributed by atoms with Crippen LogP contribution in [0.2, 0.25) is 0 Å². The average Bonchev–Trinajstić information content (AvgIpc) is 2.35. The minimum atomic E-state index is -0.495. The molecule has 0 saturated carbocycles. The molecule has 0 heterocycles. The van der Waals surface area contributed by atoms with Gasteiger partial charge in [0.05, 0.1) is 0 Å². The molecule has 3 heteroatoms. The molecule has 3 rings (SSSR count). The van der Waals surface area contributed by atoms with E-state index in [4.69, 9.17) is 5.73 Å². The summed E-state index contributed by atoms with van der Waals surface area (Å²) in [5, 5.41) is 0. The number of aryl methyl sites for hydroxylation is 1. The van der Waals surface area contributed by atoms with Crippen molar-refractivity contribution < 1.29 is 8.78 Å². The zero-order chi connectivity index (χ0) is 13.6. The Kier molecular flexibility index (Phi) is 2.86. The molecule has 2 aromatic rings.